The lowest BCUT2D eigenvalue weighted by molar-refractivity contribution is 0.183. The van der Waals surface area contributed by atoms with Crippen LogP contribution in [0.1, 0.15) is 32.4 Å². The number of halogens is 1. The fourth-order valence-corrected chi connectivity index (χ4v) is 1.69. The molecule has 0 aromatic heterocycles. The molecule has 1 aromatic carbocycles. The van der Waals surface area contributed by atoms with Crippen molar-refractivity contribution in [1.29, 1.82) is 0 Å². The van der Waals surface area contributed by atoms with Gasteiger partial charge in [0.15, 0.2) is 0 Å². The summed E-state index contributed by atoms with van der Waals surface area (Å²) in [5.74, 6) is -0.221. The minimum absolute atomic E-state index is 0.0898. The SMILES string of the molecule is CC(C)N(C)C(C)C(N)c1ccc(F)cc1. The summed E-state index contributed by atoms with van der Waals surface area (Å²) < 4.78 is 12.8. The Balaban J connectivity index is 2.77. The van der Waals surface area contributed by atoms with Crippen molar-refractivity contribution in [2.24, 2.45) is 5.73 Å². The number of rotatable bonds is 4. The fourth-order valence-electron chi connectivity index (χ4n) is 1.69. The predicted molar refractivity (Wildman–Crippen MR) is 65.7 cm³/mol. The van der Waals surface area contributed by atoms with Crippen LogP contribution in [0, 0.1) is 5.82 Å². The molecule has 2 unspecified atom stereocenters. The largest absolute Gasteiger partial charge is 0.323 e. The van der Waals surface area contributed by atoms with Crippen LogP contribution in [-0.2, 0) is 0 Å². The molecule has 16 heavy (non-hydrogen) atoms. The Labute approximate surface area is 97.3 Å². The lowest BCUT2D eigenvalue weighted by atomic mass is 10.00. The Hall–Kier alpha value is -0.930. The van der Waals surface area contributed by atoms with E-state index in [0.29, 0.717) is 6.04 Å². The van der Waals surface area contributed by atoms with Crippen LogP contribution in [0.4, 0.5) is 4.39 Å². The number of nitrogens with two attached hydrogens (primary N) is 1. The van der Waals surface area contributed by atoms with Crippen LogP contribution in [0.5, 0.6) is 0 Å². The molecule has 90 valence electrons. The molecule has 0 aliphatic heterocycles. The molecule has 0 fully saturated rings. The first-order chi connectivity index (χ1) is 7.43. The molecule has 0 saturated heterocycles. The minimum atomic E-state index is -0.221. The van der Waals surface area contributed by atoms with Gasteiger partial charge in [0, 0.05) is 18.1 Å². The highest BCUT2D eigenvalue weighted by molar-refractivity contribution is 5.20. The third kappa shape index (κ3) is 3.03. The van der Waals surface area contributed by atoms with E-state index in [-0.39, 0.29) is 17.9 Å². The summed E-state index contributed by atoms with van der Waals surface area (Å²) >= 11 is 0. The lowest BCUT2D eigenvalue weighted by Crippen LogP contribution is -2.42. The van der Waals surface area contributed by atoms with Crippen LogP contribution in [0.2, 0.25) is 0 Å². The van der Waals surface area contributed by atoms with Crippen LogP contribution >= 0.6 is 0 Å². The molecular weight excluding hydrogens is 203 g/mol. The second-order valence-electron chi connectivity index (χ2n) is 4.58. The maximum absolute atomic E-state index is 12.8. The molecular formula is C13H21FN2. The Morgan fingerprint density at radius 3 is 2.06 bits per heavy atom. The summed E-state index contributed by atoms with van der Waals surface area (Å²) in [6.07, 6.45) is 0. The molecule has 1 rings (SSSR count). The highest BCUT2D eigenvalue weighted by Crippen LogP contribution is 2.19. The molecule has 0 amide bonds. The molecule has 0 aliphatic rings. The molecule has 2 N–H and O–H groups in total. The molecule has 0 spiro atoms. The van der Waals surface area contributed by atoms with Gasteiger partial charge >= 0.3 is 0 Å². The van der Waals surface area contributed by atoms with Crippen molar-refractivity contribution in [2.45, 2.75) is 38.9 Å². The van der Waals surface area contributed by atoms with Crippen molar-refractivity contribution in [1.82, 2.24) is 4.90 Å². The van der Waals surface area contributed by atoms with Crippen LogP contribution < -0.4 is 5.73 Å². The summed E-state index contributed by atoms with van der Waals surface area (Å²) in [6.45, 7) is 6.36. The maximum Gasteiger partial charge on any atom is 0.123 e. The van der Waals surface area contributed by atoms with E-state index in [0.717, 1.165) is 5.56 Å². The molecule has 0 bridgehead atoms. The first-order valence-corrected chi connectivity index (χ1v) is 5.66. The predicted octanol–water partition coefficient (Wildman–Crippen LogP) is 2.55. The molecule has 0 aliphatic carbocycles. The average molecular weight is 224 g/mol. The maximum atomic E-state index is 12.8. The van der Waals surface area contributed by atoms with Crippen molar-refractivity contribution >= 4 is 0 Å². The van der Waals surface area contributed by atoms with Crippen molar-refractivity contribution in [3.8, 4) is 0 Å². The van der Waals surface area contributed by atoms with Gasteiger partial charge in [0.2, 0.25) is 0 Å². The molecule has 3 heteroatoms. The fraction of sp³-hybridized carbons (Fsp3) is 0.538. The smallest absolute Gasteiger partial charge is 0.123 e. The van der Waals surface area contributed by atoms with Gasteiger partial charge < -0.3 is 5.73 Å². The third-order valence-electron chi connectivity index (χ3n) is 3.23. The van der Waals surface area contributed by atoms with Crippen molar-refractivity contribution in [2.75, 3.05) is 7.05 Å². The van der Waals surface area contributed by atoms with Gasteiger partial charge in [-0.05, 0) is 45.5 Å². The molecule has 1 aromatic rings. The molecule has 0 radical (unpaired) electrons. The molecule has 0 heterocycles. The van der Waals surface area contributed by atoms with Crippen LogP contribution in [0.25, 0.3) is 0 Å². The van der Waals surface area contributed by atoms with Gasteiger partial charge in [0.25, 0.3) is 0 Å². The van der Waals surface area contributed by atoms with E-state index in [9.17, 15) is 4.39 Å². The second kappa shape index (κ2) is 5.41. The highest BCUT2D eigenvalue weighted by atomic mass is 19.1. The van der Waals surface area contributed by atoms with Gasteiger partial charge in [-0.3, -0.25) is 4.90 Å². The first-order valence-electron chi connectivity index (χ1n) is 5.66. The van der Waals surface area contributed by atoms with E-state index >= 15 is 0 Å². The zero-order valence-electron chi connectivity index (χ0n) is 10.4. The van der Waals surface area contributed by atoms with E-state index in [2.05, 4.69) is 32.7 Å². The molecule has 2 nitrogen and oxygen atoms in total. The van der Waals surface area contributed by atoms with E-state index in [1.54, 1.807) is 12.1 Å². The zero-order chi connectivity index (χ0) is 12.3. The molecule has 2 atom stereocenters. The Bertz CT molecular complexity index is 321. The van der Waals surface area contributed by atoms with Gasteiger partial charge in [0.05, 0.1) is 0 Å². The minimum Gasteiger partial charge on any atom is -0.323 e. The number of likely N-dealkylation sites (N-methyl/N-ethyl adjacent to an activating group) is 1. The van der Waals surface area contributed by atoms with Crippen molar-refractivity contribution < 1.29 is 4.39 Å². The van der Waals surface area contributed by atoms with Crippen LogP contribution in [0.3, 0.4) is 0 Å². The quantitative estimate of drug-likeness (QED) is 0.851. The number of hydrogen-bond acceptors (Lipinski definition) is 2. The summed E-state index contributed by atoms with van der Waals surface area (Å²) in [5.41, 5.74) is 7.14. The summed E-state index contributed by atoms with van der Waals surface area (Å²) in [4.78, 5) is 2.22. The standard InChI is InChI=1S/C13H21FN2/c1-9(2)16(4)10(3)13(15)11-5-7-12(14)8-6-11/h5-10,13H,15H2,1-4H3. The lowest BCUT2D eigenvalue weighted by Gasteiger charge is -2.32. The number of benzene rings is 1. The Morgan fingerprint density at radius 2 is 1.62 bits per heavy atom. The van der Waals surface area contributed by atoms with Gasteiger partial charge in [-0.1, -0.05) is 12.1 Å². The Kier molecular flexibility index (Phi) is 4.44. The first kappa shape index (κ1) is 13.1. The number of nitrogens with zero attached hydrogens (tertiary/aromatic N) is 1. The van der Waals surface area contributed by atoms with Crippen molar-refractivity contribution in [3.05, 3.63) is 35.6 Å². The zero-order valence-corrected chi connectivity index (χ0v) is 10.4. The monoisotopic (exact) mass is 224 g/mol. The van der Waals surface area contributed by atoms with E-state index in [1.807, 2.05) is 0 Å². The normalized spacial score (nSPS) is 15.5. The summed E-state index contributed by atoms with van der Waals surface area (Å²) in [5, 5.41) is 0. The van der Waals surface area contributed by atoms with Gasteiger partial charge in [0.1, 0.15) is 5.82 Å². The summed E-state index contributed by atoms with van der Waals surface area (Å²) in [7, 11) is 2.05. The van der Waals surface area contributed by atoms with Gasteiger partial charge in [-0.15, -0.1) is 0 Å². The Morgan fingerprint density at radius 1 is 1.12 bits per heavy atom. The van der Waals surface area contributed by atoms with Gasteiger partial charge in [-0.2, -0.15) is 0 Å². The van der Waals surface area contributed by atoms with Crippen LogP contribution in [0.15, 0.2) is 24.3 Å². The number of hydrogen-bond donors (Lipinski definition) is 1. The van der Waals surface area contributed by atoms with Crippen LogP contribution in [-0.4, -0.2) is 24.0 Å². The van der Waals surface area contributed by atoms with Gasteiger partial charge in [-0.25, -0.2) is 4.39 Å². The van der Waals surface area contributed by atoms with Crippen molar-refractivity contribution in [3.63, 3.8) is 0 Å². The average Bonchev–Trinajstić information content (AvgIpc) is 2.27. The molecule has 0 saturated carbocycles. The van der Waals surface area contributed by atoms with E-state index in [1.165, 1.54) is 12.1 Å². The van der Waals surface area contributed by atoms with E-state index in [4.69, 9.17) is 5.73 Å². The topological polar surface area (TPSA) is 29.3 Å². The highest BCUT2D eigenvalue weighted by Gasteiger charge is 2.20. The third-order valence-corrected chi connectivity index (χ3v) is 3.23. The second-order valence-corrected chi connectivity index (χ2v) is 4.58. The van der Waals surface area contributed by atoms with E-state index < -0.39 is 0 Å². The summed E-state index contributed by atoms with van der Waals surface area (Å²) in [6, 6.07) is 7.00.